The summed E-state index contributed by atoms with van der Waals surface area (Å²) in [4.78, 5) is 18.6. The third-order valence-electron chi connectivity index (χ3n) is 5.10. The van der Waals surface area contributed by atoms with Crippen LogP contribution in [-0.2, 0) is 16.4 Å². The zero-order chi connectivity index (χ0) is 22.9. The van der Waals surface area contributed by atoms with Crippen LogP contribution < -0.4 is 16.2 Å². The SMILES string of the molecule is Cc1ccc(-c2ccc3c(N)c(C(=O)NCCc4ccc(S(N)(=O)=O)cc4)sc3n2)cc1. The maximum atomic E-state index is 12.7. The van der Waals surface area contributed by atoms with E-state index in [9.17, 15) is 13.2 Å². The summed E-state index contributed by atoms with van der Waals surface area (Å²) < 4.78 is 22.7. The highest BCUT2D eigenvalue weighted by Gasteiger charge is 2.17. The Morgan fingerprint density at radius 1 is 1.03 bits per heavy atom. The van der Waals surface area contributed by atoms with E-state index >= 15 is 0 Å². The third-order valence-corrected chi connectivity index (χ3v) is 7.14. The topological polar surface area (TPSA) is 128 Å². The molecule has 4 aromatic rings. The molecule has 2 aromatic heterocycles. The van der Waals surface area contributed by atoms with Crippen LogP contribution in [-0.4, -0.2) is 25.9 Å². The van der Waals surface area contributed by atoms with Crippen LogP contribution in [0.25, 0.3) is 21.5 Å². The smallest absolute Gasteiger partial charge is 0.263 e. The van der Waals surface area contributed by atoms with Crippen LogP contribution in [0.2, 0.25) is 0 Å². The molecule has 0 unspecified atom stereocenters. The number of primary sulfonamides is 1. The number of fused-ring (bicyclic) bond motifs is 1. The van der Waals surface area contributed by atoms with Crippen LogP contribution in [0.3, 0.4) is 0 Å². The second-order valence-corrected chi connectivity index (χ2v) is 10.0. The maximum Gasteiger partial charge on any atom is 0.263 e. The summed E-state index contributed by atoms with van der Waals surface area (Å²) >= 11 is 1.27. The predicted molar refractivity (Wildman–Crippen MR) is 128 cm³/mol. The number of hydrogen-bond donors (Lipinski definition) is 3. The van der Waals surface area contributed by atoms with E-state index in [-0.39, 0.29) is 10.8 Å². The summed E-state index contributed by atoms with van der Waals surface area (Å²) in [6, 6.07) is 18.2. The molecule has 7 nitrogen and oxygen atoms in total. The first kappa shape index (κ1) is 21.9. The molecule has 0 bridgehead atoms. The van der Waals surface area contributed by atoms with Crippen LogP contribution >= 0.6 is 11.3 Å². The van der Waals surface area contributed by atoms with Crippen molar-refractivity contribution in [2.75, 3.05) is 12.3 Å². The number of carbonyl (C=O) groups excluding carboxylic acids is 1. The maximum absolute atomic E-state index is 12.7. The van der Waals surface area contributed by atoms with Gasteiger partial charge >= 0.3 is 0 Å². The number of thiophene rings is 1. The average Bonchev–Trinajstić information content (AvgIpc) is 3.10. The number of hydrogen-bond acceptors (Lipinski definition) is 6. The first-order valence-electron chi connectivity index (χ1n) is 9.88. The minimum Gasteiger partial charge on any atom is -0.397 e. The van der Waals surface area contributed by atoms with Crippen molar-refractivity contribution >= 4 is 43.2 Å². The number of anilines is 1. The Morgan fingerprint density at radius 3 is 2.38 bits per heavy atom. The molecule has 0 aliphatic heterocycles. The Labute approximate surface area is 190 Å². The number of sulfonamides is 1. The Morgan fingerprint density at radius 2 is 1.72 bits per heavy atom. The van der Waals surface area contributed by atoms with Crippen molar-refractivity contribution in [3.05, 3.63) is 76.7 Å². The molecule has 0 atom stereocenters. The molecule has 32 heavy (non-hydrogen) atoms. The van der Waals surface area contributed by atoms with Gasteiger partial charge in [-0.1, -0.05) is 42.0 Å². The lowest BCUT2D eigenvalue weighted by Crippen LogP contribution is -2.25. The highest BCUT2D eigenvalue weighted by atomic mass is 32.2. The van der Waals surface area contributed by atoms with Gasteiger partial charge in [0.15, 0.2) is 0 Å². The van der Waals surface area contributed by atoms with E-state index < -0.39 is 10.0 Å². The van der Waals surface area contributed by atoms with Gasteiger partial charge in [0.2, 0.25) is 10.0 Å². The van der Waals surface area contributed by atoms with Gasteiger partial charge in [-0.25, -0.2) is 18.5 Å². The Kier molecular flexibility index (Phi) is 5.96. The largest absolute Gasteiger partial charge is 0.397 e. The Balaban J connectivity index is 1.46. The molecule has 9 heteroatoms. The number of nitrogens with one attached hydrogen (secondary N) is 1. The summed E-state index contributed by atoms with van der Waals surface area (Å²) in [5, 5.41) is 8.73. The minimum absolute atomic E-state index is 0.0563. The quantitative estimate of drug-likeness (QED) is 0.401. The van der Waals surface area contributed by atoms with Crippen molar-refractivity contribution in [2.24, 2.45) is 5.14 Å². The summed E-state index contributed by atoms with van der Waals surface area (Å²) in [6.07, 6.45) is 0.539. The van der Waals surface area contributed by atoms with Crippen LogP contribution in [0, 0.1) is 6.92 Å². The van der Waals surface area contributed by atoms with Gasteiger partial charge in [0.1, 0.15) is 9.71 Å². The van der Waals surface area contributed by atoms with Crippen molar-refractivity contribution in [3.8, 4) is 11.3 Å². The summed E-state index contributed by atoms with van der Waals surface area (Å²) in [7, 11) is -3.72. The van der Waals surface area contributed by atoms with E-state index in [4.69, 9.17) is 15.9 Å². The third kappa shape index (κ3) is 4.64. The molecule has 0 aliphatic rings. The Hall–Kier alpha value is -3.27. The number of aromatic nitrogens is 1. The van der Waals surface area contributed by atoms with E-state index in [1.54, 1.807) is 12.1 Å². The van der Waals surface area contributed by atoms with Crippen LogP contribution in [0.15, 0.2) is 65.6 Å². The normalized spacial score (nSPS) is 11.6. The number of nitrogens with zero attached hydrogens (tertiary/aromatic N) is 1. The van der Waals surface area contributed by atoms with E-state index in [1.807, 2.05) is 43.3 Å². The van der Waals surface area contributed by atoms with E-state index in [0.29, 0.717) is 28.4 Å². The highest BCUT2D eigenvalue weighted by Crippen LogP contribution is 2.34. The Bertz CT molecular complexity index is 1390. The van der Waals surface area contributed by atoms with E-state index in [2.05, 4.69) is 5.32 Å². The molecule has 0 spiro atoms. The molecule has 0 saturated heterocycles. The van der Waals surface area contributed by atoms with Gasteiger partial charge in [-0.2, -0.15) is 0 Å². The molecule has 0 aliphatic carbocycles. The molecular weight excluding hydrogens is 444 g/mol. The van der Waals surface area contributed by atoms with Gasteiger partial charge < -0.3 is 11.1 Å². The number of nitrogens with two attached hydrogens (primary N) is 2. The highest BCUT2D eigenvalue weighted by molar-refractivity contribution is 7.89. The van der Waals surface area contributed by atoms with Crippen molar-refractivity contribution in [1.29, 1.82) is 0 Å². The van der Waals surface area contributed by atoms with E-state index in [0.717, 1.165) is 22.2 Å². The molecule has 0 radical (unpaired) electrons. The first-order valence-corrected chi connectivity index (χ1v) is 12.2. The molecule has 5 N–H and O–H groups in total. The number of carbonyl (C=O) groups is 1. The molecule has 2 heterocycles. The number of aryl methyl sites for hydroxylation is 1. The van der Waals surface area contributed by atoms with Crippen LogP contribution in [0.5, 0.6) is 0 Å². The van der Waals surface area contributed by atoms with Crippen molar-refractivity contribution in [1.82, 2.24) is 10.3 Å². The predicted octanol–water partition coefficient (Wildman–Crippen LogP) is 3.47. The van der Waals surface area contributed by atoms with Crippen LogP contribution in [0.4, 0.5) is 5.69 Å². The lowest BCUT2D eigenvalue weighted by atomic mass is 10.1. The number of pyridine rings is 1. The molecular formula is C23H22N4O3S2. The molecule has 1 amide bonds. The van der Waals surface area contributed by atoms with Crippen molar-refractivity contribution in [3.63, 3.8) is 0 Å². The minimum atomic E-state index is -3.72. The first-order chi connectivity index (χ1) is 15.2. The summed E-state index contributed by atoms with van der Waals surface area (Å²) in [5.41, 5.74) is 10.5. The molecule has 2 aromatic carbocycles. The fourth-order valence-corrected chi connectivity index (χ4v) is 4.82. The lowest BCUT2D eigenvalue weighted by Gasteiger charge is -2.05. The number of amides is 1. The summed E-state index contributed by atoms with van der Waals surface area (Å²) in [5.74, 6) is -0.261. The molecule has 0 saturated carbocycles. The van der Waals surface area contributed by atoms with Gasteiger partial charge in [-0.15, -0.1) is 11.3 Å². The monoisotopic (exact) mass is 466 g/mol. The van der Waals surface area contributed by atoms with Gasteiger partial charge in [0.05, 0.1) is 16.3 Å². The zero-order valence-electron chi connectivity index (χ0n) is 17.3. The molecule has 4 rings (SSSR count). The number of rotatable bonds is 6. The molecule has 164 valence electrons. The van der Waals surface area contributed by atoms with Crippen LogP contribution in [0.1, 0.15) is 20.8 Å². The average molecular weight is 467 g/mol. The van der Waals surface area contributed by atoms with Gasteiger partial charge in [0.25, 0.3) is 5.91 Å². The fraction of sp³-hybridized carbons (Fsp3) is 0.130. The van der Waals surface area contributed by atoms with Gasteiger partial charge in [-0.3, -0.25) is 4.79 Å². The van der Waals surface area contributed by atoms with Gasteiger partial charge in [-0.05, 0) is 43.2 Å². The second-order valence-electron chi connectivity index (χ2n) is 7.45. The second kappa shape index (κ2) is 8.70. The number of nitrogen functional groups attached to an aromatic ring is 1. The lowest BCUT2D eigenvalue weighted by molar-refractivity contribution is 0.0959. The standard InChI is InChI=1S/C23H22N4O3S2/c1-14-2-6-16(7-3-14)19-11-10-18-20(24)21(31-23(18)27-19)22(28)26-13-12-15-4-8-17(9-5-15)32(25,29)30/h2-11H,12-13,24H2,1H3,(H,26,28)(H2,25,29,30). The van der Waals surface area contributed by atoms with E-state index in [1.165, 1.54) is 29.0 Å². The van der Waals surface area contributed by atoms with Crippen molar-refractivity contribution in [2.45, 2.75) is 18.2 Å². The summed E-state index contributed by atoms with van der Waals surface area (Å²) in [6.45, 7) is 2.41. The van der Waals surface area contributed by atoms with Gasteiger partial charge in [0, 0.05) is 17.5 Å². The van der Waals surface area contributed by atoms with Crippen molar-refractivity contribution < 1.29 is 13.2 Å². The zero-order valence-corrected chi connectivity index (χ0v) is 19.0. The fourth-order valence-electron chi connectivity index (χ4n) is 3.30. The molecule has 0 fully saturated rings. The number of benzene rings is 2.